The number of hydrogen-bond acceptors (Lipinski definition) is 6. The number of aliphatic hydroxyl groups is 1. The largest absolute Gasteiger partial charge is 0.493 e. The highest BCUT2D eigenvalue weighted by atomic mass is 16.5. The minimum absolute atomic E-state index is 0.0224. The number of likely N-dealkylation sites (tertiary alicyclic amines) is 1. The number of methoxy groups -OCH3 is 2. The molecule has 0 unspecified atom stereocenters. The first kappa shape index (κ1) is 20.4. The molecule has 2 fully saturated rings. The summed E-state index contributed by atoms with van der Waals surface area (Å²) in [4.78, 5) is 28.5. The van der Waals surface area contributed by atoms with Gasteiger partial charge in [-0.15, -0.1) is 0 Å². The number of morpholine rings is 1. The van der Waals surface area contributed by atoms with Crippen LogP contribution in [0.1, 0.15) is 30.9 Å². The van der Waals surface area contributed by atoms with Crippen LogP contribution < -0.4 is 9.47 Å². The van der Waals surface area contributed by atoms with Crippen molar-refractivity contribution in [1.82, 2.24) is 9.80 Å². The lowest BCUT2D eigenvalue weighted by Gasteiger charge is -2.42. The van der Waals surface area contributed by atoms with Gasteiger partial charge in [0.2, 0.25) is 11.8 Å². The Morgan fingerprint density at radius 1 is 1.21 bits per heavy atom. The van der Waals surface area contributed by atoms with Crippen molar-refractivity contribution in [2.24, 2.45) is 0 Å². The van der Waals surface area contributed by atoms with E-state index in [2.05, 4.69) is 0 Å². The highest BCUT2D eigenvalue weighted by Crippen LogP contribution is 2.35. The van der Waals surface area contributed by atoms with Crippen molar-refractivity contribution in [1.29, 1.82) is 0 Å². The Morgan fingerprint density at radius 3 is 2.68 bits per heavy atom. The number of ether oxygens (including phenoxy) is 3. The Hall–Kier alpha value is -2.32. The maximum absolute atomic E-state index is 13.1. The second-order valence-electron chi connectivity index (χ2n) is 7.01. The Morgan fingerprint density at radius 2 is 2.00 bits per heavy atom. The highest BCUT2D eigenvalue weighted by molar-refractivity contribution is 5.85. The molecule has 0 aromatic heterocycles. The average molecular weight is 392 g/mol. The van der Waals surface area contributed by atoms with Gasteiger partial charge in [0.15, 0.2) is 11.5 Å². The summed E-state index contributed by atoms with van der Waals surface area (Å²) in [6, 6.07) is 4.95. The van der Waals surface area contributed by atoms with E-state index in [9.17, 15) is 14.7 Å². The summed E-state index contributed by atoms with van der Waals surface area (Å²) >= 11 is 0. The van der Waals surface area contributed by atoms with Crippen LogP contribution in [0.25, 0.3) is 0 Å². The summed E-state index contributed by atoms with van der Waals surface area (Å²) in [7, 11) is 3.11. The van der Waals surface area contributed by atoms with Crippen molar-refractivity contribution < 1.29 is 28.9 Å². The molecule has 1 aromatic carbocycles. The molecule has 28 heavy (non-hydrogen) atoms. The van der Waals surface area contributed by atoms with Gasteiger partial charge >= 0.3 is 0 Å². The van der Waals surface area contributed by atoms with Gasteiger partial charge in [0.05, 0.1) is 40.0 Å². The first-order valence-electron chi connectivity index (χ1n) is 9.60. The molecule has 0 bridgehead atoms. The summed E-state index contributed by atoms with van der Waals surface area (Å²) in [5, 5.41) is 9.83. The number of carbonyl (C=O) groups excluding carboxylic acids is 2. The van der Waals surface area contributed by atoms with Crippen LogP contribution in [0.15, 0.2) is 18.2 Å². The van der Waals surface area contributed by atoms with Crippen molar-refractivity contribution in [2.75, 3.05) is 47.1 Å². The molecule has 2 amide bonds. The first-order chi connectivity index (χ1) is 13.6. The van der Waals surface area contributed by atoms with Crippen LogP contribution in [0, 0.1) is 0 Å². The zero-order chi connectivity index (χ0) is 20.1. The van der Waals surface area contributed by atoms with E-state index >= 15 is 0 Å². The van der Waals surface area contributed by atoms with Gasteiger partial charge in [-0.2, -0.15) is 0 Å². The Balaban J connectivity index is 1.86. The quantitative estimate of drug-likeness (QED) is 0.776. The van der Waals surface area contributed by atoms with Crippen molar-refractivity contribution in [3.8, 4) is 11.5 Å². The minimum atomic E-state index is -0.548. The number of nitrogens with zero attached hydrogens (tertiary/aromatic N) is 2. The predicted molar refractivity (Wildman–Crippen MR) is 101 cm³/mol. The van der Waals surface area contributed by atoms with Gasteiger partial charge in [0, 0.05) is 19.5 Å². The fourth-order valence-corrected chi connectivity index (χ4v) is 3.88. The fraction of sp³-hybridized carbons (Fsp3) is 0.600. The van der Waals surface area contributed by atoms with E-state index in [1.165, 1.54) is 0 Å². The van der Waals surface area contributed by atoms with Gasteiger partial charge in [0.1, 0.15) is 6.10 Å². The third-order valence-electron chi connectivity index (χ3n) is 5.35. The van der Waals surface area contributed by atoms with Gasteiger partial charge in [-0.05, 0) is 30.5 Å². The number of amides is 2. The van der Waals surface area contributed by atoms with Crippen molar-refractivity contribution in [3.63, 3.8) is 0 Å². The molecule has 2 aliphatic rings. The van der Waals surface area contributed by atoms with Crippen molar-refractivity contribution >= 4 is 11.8 Å². The van der Waals surface area contributed by atoms with Crippen LogP contribution in [-0.4, -0.2) is 79.9 Å². The fourth-order valence-electron chi connectivity index (χ4n) is 3.88. The maximum Gasteiger partial charge on any atom is 0.242 e. The Labute approximate surface area is 165 Å². The Bertz CT molecular complexity index is 710. The SMILES string of the molecule is COc1ccc([C@@H]2[C@@H](CO)OCCN2C(=O)CN2CCCCC2=O)cc1OC. The zero-order valence-corrected chi connectivity index (χ0v) is 16.4. The number of piperidine rings is 1. The van der Waals surface area contributed by atoms with Crippen LogP contribution in [0.4, 0.5) is 0 Å². The summed E-state index contributed by atoms with van der Waals surface area (Å²) in [5.41, 5.74) is 0.787. The molecular weight excluding hydrogens is 364 g/mol. The minimum Gasteiger partial charge on any atom is -0.493 e. The summed E-state index contributed by atoms with van der Waals surface area (Å²) in [6.07, 6.45) is 1.74. The topological polar surface area (TPSA) is 88.5 Å². The van der Waals surface area contributed by atoms with E-state index in [0.717, 1.165) is 18.4 Å². The van der Waals surface area contributed by atoms with Crippen LogP contribution in [0.2, 0.25) is 0 Å². The molecule has 2 aliphatic heterocycles. The molecule has 1 aromatic rings. The van der Waals surface area contributed by atoms with E-state index in [1.807, 2.05) is 6.07 Å². The molecule has 8 heteroatoms. The lowest BCUT2D eigenvalue weighted by atomic mass is 9.97. The summed E-state index contributed by atoms with van der Waals surface area (Å²) in [6.45, 7) is 1.19. The van der Waals surface area contributed by atoms with Gasteiger partial charge in [-0.25, -0.2) is 0 Å². The molecular formula is C20H28N2O6. The lowest BCUT2D eigenvalue weighted by Crippen LogP contribution is -2.53. The van der Waals surface area contributed by atoms with Crippen LogP contribution >= 0.6 is 0 Å². The Kier molecular flexibility index (Phi) is 6.74. The average Bonchev–Trinajstić information content (AvgIpc) is 2.74. The molecule has 8 nitrogen and oxygen atoms in total. The van der Waals surface area contributed by atoms with Gasteiger partial charge in [-0.3, -0.25) is 9.59 Å². The highest BCUT2D eigenvalue weighted by Gasteiger charge is 2.37. The number of hydrogen-bond donors (Lipinski definition) is 1. The molecule has 2 atom stereocenters. The van der Waals surface area contributed by atoms with Crippen LogP contribution in [0.5, 0.6) is 11.5 Å². The molecule has 0 aliphatic carbocycles. The summed E-state index contributed by atoms with van der Waals surface area (Å²) < 4.78 is 16.4. The molecule has 0 radical (unpaired) electrons. The smallest absolute Gasteiger partial charge is 0.242 e. The number of aliphatic hydroxyl groups excluding tert-OH is 1. The van der Waals surface area contributed by atoms with Crippen LogP contribution in [0.3, 0.4) is 0 Å². The number of rotatable bonds is 6. The monoisotopic (exact) mass is 392 g/mol. The number of benzene rings is 1. The third-order valence-corrected chi connectivity index (χ3v) is 5.35. The molecule has 0 saturated carbocycles. The van der Waals surface area contributed by atoms with Crippen molar-refractivity contribution in [3.05, 3.63) is 23.8 Å². The first-order valence-corrected chi connectivity index (χ1v) is 9.60. The van der Waals surface area contributed by atoms with E-state index in [0.29, 0.717) is 37.6 Å². The molecule has 3 rings (SSSR count). The van der Waals surface area contributed by atoms with E-state index in [1.54, 1.807) is 36.2 Å². The van der Waals surface area contributed by atoms with E-state index in [4.69, 9.17) is 14.2 Å². The van der Waals surface area contributed by atoms with Crippen molar-refractivity contribution in [2.45, 2.75) is 31.4 Å². The zero-order valence-electron chi connectivity index (χ0n) is 16.4. The molecule has 0 spiro atoms. The van der Waals surface area contributed by atoms with E-state index in [-0.39, 0.29) is 25.0 Å². The van der Waals surface area contributed by atoms with Gasteiger partial charge in [-0.1, -0.05) is 6.07 Å². The number of carbonyl (C=O) groups is 2. The molecule has 2 heterocycles. The van der Waals surface area contributed by atoms with Crippen LogP contribution in [-0.2, 0) is 14.3 Å². The normalized spacial score (nSPS) is 22.9. The third kappa shape index (κ3) is 4.23. The standard InChI is InChI=1S/C20H28N2O6/c1-26-15-7-6-14(11-16(15)27-2)20-17(13-23)28-10-9-22(20)19(25)12-21-8-4-3-5-18(21)24/h6-7,11,17,20,23H,3-5,8-10,12-13H2,1-2H3/t17-,20-/m1/s1. The summed E-state index contributed by atoms with van der Waals surface area (Å²) in [5.74, 6) is 1.01. The van der Waals surface area contributed by atoms with E-state index < -0.39 is 12.1 Å². The maximum atomic E-state index is 13.1. The second kappa shape index (κ2) is 9.25. The molecule has 2 saturated heterocycles. The van der Waals surface area contributed by atoms with Gasteiger partial charge < -0.3 is 29.1 Å². The van der Waals surface area contributed by atoms with Gasteiger partial charge in [0.25, 0.3) is 0 Å². The molecule has 1 N–H and O–H groups in total. The predicted octanol–water partition coefficient (Wildman–Crippen LogP) is 0.977. The second-order valence-corrected chi connectivity index (χ2v) is 7.01. The molecule has 154 valence electrons. The lowest BCUT2D eigenvalue weighted by molar-refractivity contribution is -0.154.